The van der Waals surface area contributed by atoms with Crippen LogP contribution in [0.25, 0.3) is 11.4 Å². The number of benzene rings is 1. The summed E-state index contributed by atoms with van der Waals surface area (Å²) in [7, 11) is 1.61. The minimum Gasteiger partial charge on any atom is -0.497 e. The van der Waals surface area contributed by atoms with Gasteiger partial charge in [0, 0.05) is 5.56 Å². The molecule has 8 heteroatoms. The zero-order chi connectivity index (χ0) is 19.3. The van der Waals surface area contributed by atoms with Crippen LogP contribution >= 0.6 is 11.8 Å². The number of hydrogen-bond acceptors (Lipinski definition) is 6. The smallest absolute Gasteiger partial charge is 0.234 e. The predicted molar refractivity (Wildman–Crippen MR) is 101 cm³/mol. The largest absolute Gasteiger partial charge is 0.497 e. The Morgan fingerprint density at radius 2 is 2.00 bits per heavy atom. The van der Waals surface area contributed by atoms with E-state index in [1.807, 2.05) is 38.1 Å². The standard InChI is InChI=1S/C18H23N5O2S/c1-11(2)18(4,10-19)21-16(24)12(3)26-17-20-15(22-23-17)13-6-8-14(25-5)9-7-13/h6-9,11-12H,1-5H3,(H,21,24)(H,20,22,23)/t12-,18+/m1/s1. The first-order valence-electron chi connectivity index (χ1n) is 8.26. The molecule has 0 spiro atoms. The van der Waals surface area contributed by atoms with Crippen LogP contribution in [0.3, 0.4) is 0 Å². The van der Waals surface area contributed by atoms with Gasteiger partial charge in [0.2, 0.25) is 11.1 Å². The van der Waals surface area contributed by atoms with E-state index in [9.17, 15) is 10.1 Å². The lowest BCUT2D eigenvalue weighted by Gasteiger charge is -2.28. The van der Waals surface area contributed by atoms with Crippen LogP contribution in [-0.2, 0) is 4.79 Å². The van der Waals surface area contributed by atoms with Gasteiger partial charge in [-0.25, -0.2) is 4.98 Å². The second kappa shape index (κ2) is 8.23. The zero-order valence-electron chi connectivity index (χ0n) is 15.5. The van der Waals surface area contributed by atoms with Crippen LogP contribution in [0, 0.1) is 17.2 Å². The molecule has 0 fully saturated rings. The van der Waals surface area contributed by atoms with Crippen LogP contribution in [0.5, 0.6) is 5.75 Å². The summed E-state index contributed by atoms with van der Waals surface area (Å²) in [5.74, 6) is 1.16. The Labute approximate surface area is 157 Å². The number of hydrogen-bond donors (Lipinski definition) is 2. The summed E-state index contributed by atoms with van der Waals surface area (Å²) in [6.45, 7) is 7.29. The number of H-pyrrole nitrogens is 1. The Balaban J connectivity index is 2.03. The first-order valence-corrected chi connectivity index (χ1v) is 9.13. The van der Waals surface area contributed by atoms with Crippen molar-refractivity contribution in [3.8, 4) is 23.2 Å². The van der Waals surface area contributed by atoms with Gasteiger partial charge in [0.25, 0.3) is 0 Å². The highest BCUT2D eigenvalue weighted by Gasteiger charge is 2.32. The normalized spacial score (nSPS) is 14.3. The third kappa shape index (κ3) is 4.55. The van der Waals surface area contributed by atoms with Crippen LogP contribution in [-0.4, -0.2) is 39.0 Å². The summed E-state index contributed by atoms with van der Waals surface area (Å²) in [5, 5.41) is 19.2. The molecule has 138 valence electrons. The van der Waals surface area contributed by atoms with Crippen molar-refractivity contribution >= 4 is 17.7 Å². The molecule has 0 saturated heterocycles. The van der Waals surface area contributed by atoms with Gasteiger partial charge in [0.15, 0.2) is 5.82 Å². The first kappa shape index (κ1) is 19.8. The van der Waals surface area contributed by atoms with E-state index in [0.717, 1.165) is 11.3 Å². The second-order valence-electron chi connectivity index (χ2n) is 6.41. The van der Waals surface area contributed by atoms with Crippen molar-refractivity contribution in [2.45, 2.75) is 43.6 Å². The van der Waals surface area contributed by atoms with E-state index in [4.69, 9.17) is 4.74 Å². The Hall–Kier alpha value is -2.53. The molecule has 0 unspecified atom stereocenters. The van der Waals surface area contributed by atoms with Gasteiger partial charge in [-0.1, -0.05) is 25.6 Å². The molecule has 0 aliphatic rings. The van der Waals surface area contributed by atoms with Gasteiger partial charge in [0.1, 0.15) is 11.3 Å². The fourth-order valence-electron chi connectivity index (χ4n) is 2.05. The molecule has 0 saturated carbocycles. The molecule has 2 aromatic rings. The van der Waals surface area contributed by atoms with Crippen molar-refractivity contribution < 1.29 is 9.53 Å². The van der Waals surface area contributed by atoms with Gasteiger partial charge in [-0.15, -0.1) is 5.10 Å². The average molecular weight is 373 g/mol. The maximum Gasteiger partial charge on any atom is 0.234 e. The Morgan fingerprint density at radius 1 is 1.35 bits per heavy atom. The molecule has 0 aliphatic heterocycles. The van der Waals surface area contributed by atoms with E-state index in [1.54, 1.807) is 21.0 Å². The molecule has 1 aromatic carbocycles. The highest BCUT2D eigenvalue weighted by Crippen LogP contribution is 2.25. The van der Waals surface area contributed by atoms with Gasteiger partial charge in [-0.05, 0) is 44.0 Å². The fraction of sp³-hybridized carbons (Fsp3) is 0.444. The van der Waals surface area contributed by atoms with Gasteiger partial charge in [-0.2, -0.15) is 5.26 Å². The zero-order valence-corrected chi connectivity index (χ0v) is 16.3. The van der Waals surface area contributed by atoms with Crippen molar-refractivity contribution in [1.29, 1.82) is 5.26 Å². The molecule has 2 atom stereocenters. The minimum absolute atomic E-state index is 0.00108. The number of carbonyl (C=O) groups is 1. The molecular weight excluding hydrogens is 350 g/mol. The number of nitriles is 1. The minimum atomic E-state index is -0.904. The van der Waals surface area contributed by atoms with Crippen LogP contribution in [0.4, 0.5) is 0 Å². The second-order valence-corrected chi connectivity index (χ2v) is 7.72. The Bertz CT molecular complexity index is 797. The predicted octanol–water partition coefficient (Wildman–Crippen LogP) is 3.02. The molecule has 1 amide bonds. The fourth-order valence-corrected chi connectivity index (χ4v) is 2.77. The molecular formula is C18H23N5O2S. The highest BCUT2D eigenvalue weighted by atomic mass is 32.2. The summed E-state index contributed by atoms with van der Waals surface area (Å²) in [6.07, 6.45) is 0. The number of nitrogens with zero attached hydrogens (tertiary/aromatic N) is 3. The topological polar surface area (TPSA) is 104 Å². The number of methoxy groups -OCH3 is 1. The third-order valence-corrected chi connectivity index (χ3v) is 5.21. The van der Waals surface area contributed by atoms with E-state index in [-0.39, 0.29) is 11.8 Å². The van der Waals surface area contributed by atoms with Gasteiger partial charge in [0.05, 0.1) is 18.4 Å². The number of amides is 1. The van der Waals surface area contributed by atoms with E-state index in [0.29, 0.717) is 11.0 Å². The lowest BCUT2D eigenvalue weighted by atomic mass is 9.90. The summed E-state index contributed by atoms with van der Waals surface area (Å²) >= 11 is 1.24. The van der Waals surface area contributed by atoms with Crippen molar-refractivity contribution in [2.24, 2.45) is 5.92 Å². The van der Waals surface area contributed by atoms with E-state index >= 15 is 0 Å². The SMILES string of the molecule is COc1ccc(-c2nc(S[C@H](C)C(=O)N[C@@](C)(C#N)C(C)C)n[nH]2)cc1. The maximum atomic E-state index is 12.4. The summed E-state index contributed by atoms with van der Waals surface area (Å²) in [6, 6.07) is 9.62. The van der Waals surface area contributed by atoms with Crippen molar-refractivity contribution in [2.75, 3.05) is 7.11 Å². The van der Waals surface area contributed by atoms with Crippen molar-refractivity contribution in [3.05, 3.63) is 24.3 Å². The summed E-state index contributed by atoms with van der Waals surface area (Å²) < 4.78 is 5.14. The third-order valence-electron chi connectivity index (χ3n) is 4.25. The van der Waals surface area contributed by atoms with E-state index in [2.05, 4.69) is 26.6 Å². The molecule has 2 rings (SSSR count). The first-order chi connectivity index (χ1) is 12.3. The Kier molecular flexibility index (Phi) is 6.27. The molecule has 7 nitrogen and oxygen atoms in total. The lowest BCUT2D eigenvalue weighted by molar-refractivity contribution is -0.121. The molecule has 26 heavy (non-hydrogen) atoms. The number of aromatic amines is 1. The van der Waals surface area contributed by atoms with Crippen LogP contribution < -0.4 is 10.1 Å². The average Bonchev–Trinajstić information content (AvgIpc) is 3.09. The molecule has 2 N–H and O–H groups in total. The molecule has 1 heterocycles. The summed E-state index contributed by atoms with van der Waals surface area (Å²) in [5.41, 5.74) is -0.0294. The molecule has 0 bridgehead atoms. The van der Waals surface area contributed by atoms with E-state index < -0.39 is 10.8 Å². The Morgan fingerprint density at radius 3 is 2.54 bits per heavy atom. The molecule has 0 aliphatic carbocycles. The number of ether oxygens (including phenoxy) is 1. The number of aromatic nitrogens is 3. The van der Waals surface area contributed by atoms with Gasteiger partial charge >= 0.3 is 0 Å². The molecule has 1 aromatic heterocycles. The lowest BCUT2D eigenvalue weighted by Crippen LogP contribution is -2.51. The summed E-state index contributed by atoms with van der Waals surface area (Å²) in [4.78, 5) is 16.8. The van der Waals surface area contributed by atoms with E-state index in [1.165, 1.54) is 11.8 Å². The van der Waals surface area contributed by atoms with Crippen LogP contribution in [0.1, 0.15) is 27.7 Å². The van der Waals surface area contributed by atoms with Crippen molar-refractivity contribution in [1.82, 2.24) is 20.5 Å². The van der Waals surface area contributed by atoms with Crippen molar-refractivity contribution in [3.63, 3.8) is 0 Å². The number of thioether (sulfide) groups is 1. The number of rotatable bonds is 7. The van der Waals surface area contributed by atoms with Gasteiger partial charge < -0.3 is 10.1 Å². The van der Waals surface area contributed by atoms with Gasteiger partial charge in [-0.3, -0.25) is 9.89 Å². The highest BCUT2D eigenvalue weighted by molar-refractivity contribution is 8.00. The quantitative estimate of drug-likeness (QED) is 0.723. The van der Waals surface area contributed by atoms with Crippen LogP contribution in [0.2, 0.25) is 0 Å². The number of carbonyl (C=O) groups excluding carboxylic acids is 1. The monoisotopic (exact) mass is 373 g/mol. The number of nitrogens with one attached hydrogen (secondary N) is 2. The molecule has 0 radical (unpaired) electrons. The maximum absolute atomic E-state index is 12.4. The van der Waals surface area contributed by atoms with Crippen LogP contribution in [0.15, 0.2) is 29.4 Å².